The van der Waals surface area contributed by atoms with E-state index in [-0.39, 0.29) is 11.8 Å². The van der Waals surface area contributed by atoms with E-state index in [1.54, 1.807) is 46.9 Å². The van der Waals surface area contributed by atoms with Gasteiger partial charge in [-0.15, -0.1) is 22.7 Å². The summed E-state index contributed by atoms with van der Waals surface area (Å²) in [5, 5.41) is 7.90. The zero-order valence-corrected chi connectivity index (χ0v) is 19.0. The van der Waals surface area contributed by atoms with Gasteiger partial charge in [0, 0.05) is 24.4 Å². The van der Waals surface area contributed by atoms with Crippen molar-refractivity contribution in [2.45, 2.75) is 31.2 Å². The lowest BCUT2D eigenvalue weighted by atomic mass is 9.97. The van der Waals surface area contributed by atoms with E-state index >= 15 is 0 Å². The van der Waals surface area contributed by atoms with Crippen LogP contribution in [0.4, 0.5) is 0 Å². The summed E-state index contributed by atoms with van der Waals surface area (Å²) in [6.07, 6.45) is 1.04. The smallest absolute Gasteiger partial charge is 0.243 e. The first-order chi connectivity index (χ1) is 14.4. The Morgan fingerprint density at radius 3 is 2.57 bits per heavy atom. The molecule has 0 aliphatic carbocycles. The number of rotatable bonds is 6. The van der Waals surface area contributed by atoms with Gasteiger partial charge in [0.1, 0.15) is 5.01 Å². The Bertz CT molecular complexity index is 1100. The molecule has 1 fully saturated rings. The normalized spacial score (nSPS) is 15.9. The Hall–Kier alpha value is -2.07. The van der Waals surface area contributed by atoms with Crippen LogP contribution in [0, 0.1) is 12.8 Å². The van der Waals surface area contributed by atoms with Crippen molar-refractivity contribution in [2.24, 2.45) is 5.92 Å². The Kier molecular flexibility index (Phi) is 6.33. The molecule has 0 unspecified atom stereocenters. The molecule has 4 rings (SSSR count). The Balaban J connectivity index is 1.29. The molecule has 0 spiro atoms. The third kappa shape index (κ3) is 4.64. The Morgan fingerprint density at radius 2 is 1.90 bits per heavy atom. The van der Waals surface area contributed by atoms with Crippen LogP contribution in [0.2, 0.25) is 0 Å². The molecule has 1 aliphatic heterocycles. The molecule has 1 amide bonds. The van der Waals surface area contributed by atoms with Gasteiger partial charge in [0.05, 0.1) is 22.0 Å². The van der Waals surface area contributed by atoms with Gasteiger partial charge < -0.3 is 5.32 Å². The largest absolute Gasteiger partial charge is 0.350 e. The third-order valence-electron chi connectivity index (χ3n) is 5.21. The van der Waals surface area contributed by atoms with Crippen molar-refractivity contribution in [3.63, 3.8) is 0 Å². The molecule has 0 saturated carbocycles. The zero-order valence-electron chi connectivity index (χ0n) is 16.6. The molecule has 6 nitrogen and oxygen atoms in total. The number of aryl methyl sites for hydroxylation is 1. The molecule has 1 saturated heterocycles. The first kappa shape index (κ1) is 21.2. The van der Waals surface area contributed by atoms with Crippen LogP contribution in [0.3, 0.4) is 0 Å². The van der Waals surface area contributed by atoms with Crippen LogP contribution in [0.5, 0.6) is 0 Å². The van der Waals surface area contributed by atoms with Crippen LogP contribution in [0.1, 0.15) is 24.1 Å². The second-order valence-electron chi connectivity index (χ2n) is 7.33. The van der Waals surface area contributed by atoms with Gasteiger partial charge in [0.2, 0.25) is 15.9 Å². The van der Waals surface area contributed by atoms with Crippen molar-refractivity contribution in [1.82, 2.24) is 14.6 Å². The summed E-state index contributed by atoms with van der Waals surface area (Å²) in [7, 11) is -3.51. The van der Waals surface area contributed by atoms with Gasteiger partial charge in [-0.25, -0.2) is 13.4 Å². The molecule has 30 heavy (non-hydrogen) atoms. The third-order valence-corrected chi connectivity index (χ3v) is 9.05. The fourth-order valence-electron chi connectivity index (χ4n) is 3.44. The average molecular weight is 462 g/mol. The van der Waals surface area contributed by atoms with E-state index < -0.39 is 10.0 Å². The number of piperidine rings is 1. The van der Waals surface area contributed by atoms with Crippen molar-refractivity contribution in [2.75, 3.05) is 13.1 Å². The van der Waals surface area contributed by atoms with Crippen LogP contribution >= 0.6 is 22.7 Å². The SMILES string of the molecule is Cc1ccc(S(=O)(=O)N2CCC(C(=O)NCc3csc(-c4cccs4)n3)CC2)cc1. The molecule has 1 aliphatic rings. The number of thiazole rings is 1. The molecule has 0 atom stereocenters. The van der Waals surface area contributed by atoms with Crippen molar-refractivity contribution >= 4 is 38.6 Å². The molecular weight excluding hydrogens is 438 g/mol. The van der Waals surface area contributed by atoms with E-state index in [1.807, 2.05) is 29.8 Å². The van der Waals surface area contributed by atoms with Gasteiger partial charge in [-0.1, -0.05) is 23.8 Å². The second kappa shape index (κ2) is 8.97. The van der Waals surface area contributed by atoms with Gasteiger partial charge in [0.15, 0.2) is 0 Å². The van der Waals surface area contributed by atoms with Crippen molar-refractivity contribution in [1.29, 1.82) is 0 Å². The number of carbonyl (C=O) groups excluding carboxylic acids is 1. The number of benzene rings is 1. The highest BCUT2D eigenvalue weighted by Gasteiger charge is 2.32. The van der Waals surface area contributed by atoms with Crippen LogP contribution < -0.4 is 5.32 Å². The number of hydrogen-bond acceptors (Lipinski definition) is 6. The molecule has 3 aromatic rings. The minimum atomic E-state index is -3.51. The summed E-state index contributed by atoms with van der Waals surface area (Å²) in [6, 6.07) is 10.9. The van der Waals surface area contributed by atoms with E-state index in [1.165, 1.54) is 4.31 Å². The van der Waals surface area contributed by atoms with Crippen LogP contribution in [0.25, 0.3) is 9.88 Å². The topological polar surface area (TPSA) is 79.4 Å². The Labute approximate surface area is 184 Å². The molecule has 1 aromatic carbocycles. The molecule has 3 heterocycles. The molecule has 2 aromatic heterocycles. The lowest BCUT2D eigenvalue weighted by molar-refractivity contribution is -0.126. The number of carbonyl (C=O) groups is 1. The monoisotopic (exact) mass is 461 g/mol. The summed E-state index contributed by atoms with van der Waals surface area (Å²) in [5.41, 5.74) is 1.86. The lowest BCUT2D eigenvalue weighted by Gasteiger charge is -2.30. The number of aromatic nitrogens is 1. The minimum absolute atomic E-state index is 0.0342. The van der Waals surface area contributed by atoms with Gasteiger partial charge in [-0.3, -0.25) is 4.79 Å². The number of amides is 1. The molecule has 9 heteroatoms. The van der Waals surface area contributed by atoms with E-state index in [2.05, 4.69) is 10.3 Å². The van der Waals surface area contributed by atoms with Gasteiger partial charge in [-0.2, -0.15) is 4.31 Å². The fraction of sp³-hybridized carbons (Fsp3) is 0.333. The predicted octanol–water partition coefficient (Wildman–Crippen LogP) is 3.90. The summed E-state index contributed by atoms with van der Waals surface area (Å²) in [5.74, 6) is -0.210. The van der Waals surface area contributed by atoms with E-state index in [9.17, 15) is 13.2 Å². The van der Waals surface area contributed by atoms with Gasteiger partial charge in [-0.05, 0) is 43.3 Å². The zero-order chi connectivity index (χ0) is 21.1. The molecule has 1 N–H and O–H groups in total. The molecule has 0 bridgehead atoms. The predicted molar refractivity (Wildman–Crippen MR) is 120 cm³/mol. The maximum absolute atomic E-state index is 12.8. The highest BCUT2D eigenvalue weighted by Crippen LogP contribution is 2.28. The first-order valence-corrected chi connectivity index (χ1v) is 13.0. The van der Waals surface area contributed by atoms with Gasteiger partial charge >= 0.3 is 0 Å². The van der Waals surface area contributed by atoms with Gasteiger partial charge in [0.25, 0.3) is 0 Å². The number of nitrogens with one attached hydrogen (secondary N) is 1. The maximum atomic E-state index is 12.8. The van der Waals surface area contributed by atoms with E-state index in [0.29, 0.717) is 37.4 Å². The van der Waals surface area contributed by atoms with Crippen LogP contribution in [0.15, 0.2) is 52.1 Å². The quantitative estimate of drug-likeness (QED) is 0.604. The summed E-state index contributed by atoms with van der Waals surface area (Å²) in [4.78, 5) is 18.6. The average Bonchev–Trinajstić information content (AvgIpc) is 3.44. The fourth-order valence-corrected chi connectivity index (χ4v) is 6.54. The highest BCUT2D eigenvalue weighted by molar-refractivity contribution is 7.89. The molecule has 158 valence electrons. The summed E-state index contributed by atoms with van der Waals surface area (Å²) < 4.78 is 27.1. The van der Waals surface area contributed by atoms with E-state index in [4.69, 9.17) is 0 Å². The van der Waals surface area contributed by atoms with E-state index in [0.717, 1.165) is 21.1 Å². The standard InChI is InChI=1S/C21H23N3O3S3/c1-15-4-6-18(7-5-15)30(26,27)24-10-8-16(9-11-24)20(25)22-13-17-14-29-21(23-17)19-3-2-12-28-19/h2-7,12,14,16H,8-11,13H2,1H3,(H,22,25). The highest BCUT2D eigenvalue weighted by atomic mass is 32.2. The number of hydrogen-bond donors (Lipinski definition) is 1. The molecular formula is C21H23N3O3S3. The van der Waals surface area contributed by atoms with Crippen molar-refractivity contribution in [3.8, 4) is 9.88 Å². The van der Waals surface area contributed by atoms with Crippen LogP contribution in [-0.2, 0) is 21.4 Å². The Morgan fingerprint density at radius 1 is 1.17 bits per heavy atom. The molecule has 0 radical (unpaired) electrons. The van der Waals surface area contributed by atoms with Crippen LogP contribution in [-0.4, -0.2) is 36.7 Å². The summed E-state index contributed by atoms with van der Waals surface area (Å²) >= 11 is 3.22. The van der Waals surface area contributed by atoms with Crippen molar-refractivity contribution in [3.05, 3.63) is 58.4 Å². The first-order valence-electron chi connectivity index (χ1n) is 9.76. The lowest BCUT2D eigenvalue weighted by Crippen LogP contribution is -2.42. The van der Waals surface area contributed by atoms with Crippen molar-refractivity contribution < 1.29 is 13.2 Å². The second-order valence-corrected chi connectivity index (χ2v) is 11.1. The number of sulfonamides is 1. The number of thiophene rings is 1. The number of nitrogens with zero attached hydrogens (tertiary/aromatic N) is 2. The minimum Gasteiger partial charge on any atom is -0.350 e. The maximum Gasteiger partial charge on any atom is 0.243 e. The summed E-state index contributed by atoms with van der Waals surface area (Å²) in [6.45, 7) is 3.03.